The van der Waals surface area contributed by atoms with Crippen LogP contribution in [0.15, 0.2) is 48.5 Å². The number of thiophene rings is 1. The number of rotatable bonds is 5. The van der Waals surface area contributed by atoms with Crippen molar-refractivity contribution < 1.29 is 9.90 Å². The summed E-state index contributed by atoms with van der Waals surface area (Å²) in [6.45, 7) is 6.22. The predicted molar refractivity (Wildman–Crippen MR) is 110 cm³/mol. The van der Waals surface area contributed by atoms with E-state index in [0.717, 1.165) is 26.6 Å². The molecule has 134 valence electrons. The van der Waals surface area contributed by atoms with Gasteiger partial charge in [-0.05, 0) is 66.6 Å². The normalized spacial score (nSPS) is 12.2. The molecule has 3 rings (SSSR count). The summed E-state index contributed by atoms with van der Waals surface area (Å²) in [7, 11) is 0. The first-order valence-corrected chi connectivity index (χ1v) is 9.73. The minimum atomic E-state index is -0.858. The van der Waals surface area contributed by atoms with Gasteiger partial charge in [0.2, 0.25) is 0 Å². The van der Waals surface area contributed by atoms with Gasteiger partial charge in [0, 0.05) is 9.90 Å². The summed E-state index contributed by atoms with van der Waals surface area (Å²) in [5, 5.41) is 10.4. The Kier molecular flexibility index (Phi) is 5.49. The van der Waals surface area contributed by atoms with Gasteiger partial charge in [0.25, 0.3) is 0 Å². The van der Waals surface area contributed by atoms with Gasteiger partial charge in [-0.3, -0.25) is 0 Å². The van der Waals surface area contributed by atoms with E-state index in [1.54, 1.807) is 0 Å². The standard InChI is InChI=1S/C22H21ClO2S/c1-13-4-6-16(7-5-13)20-12-17(21(26-20)22(24)25)10-14(2)19-9-8-18(23)11-15(19)3/h4-9,11-12,14H,10H2,1-3H3,(H,24,25). The molecule has 0 aliphatic carbocycles. The first kappa shape index (κ1) is 18.7. The van der Waals surface area contributed by atoms with E-state index in [0.29, 0.717) is 11.3 Å². The van der Waals surface area contributed by atoms with Gasteiger partial charge in [0.1, 0.15) is 4.88 Å². The van der Waals surface area contributed by atoms with E-state index in [1.807, 2.05) is 50.2 Å². The first-order chi connectivity index (χ1) is 12.3. The van der Waals surface area contributed by atoms with Crippen LogP contribution >= 0.6 is 22.9 Å². The molecule has 2 aromatic carbocycles. The van der Waals surface area contributed by atoms with Crippen LogP contribution in [0.3, 0.4) is 0 Å². The van der Waals surface area contributed by atoms with Gasteiger partial charge in [-0.2, -0.15) is 0 Å². The average molecular weight is 385 g/mol. The molecule has 1 N–H and O–H groups in total. The number of halogens is 1. The van der Waals surface area contributed by atoms with Crippen molar-refractivity contribution in [3.8, 4) is 10.4 Å². The molecule has 0 spiro atoms. The molecule has 0 saturated heterocycles. The van der Waals surface area contributed by atoms with Gasteiger partial charge in [-0.25, -0.2) is 4.79 Å². The molecule has 0 radical (unpaired) electrons. The fraction of sp³-hybridized carbons (Fsp3) is 0.227. The lowest BCUT2D eigenvalue weighted by Crippen LogP contribution is -2.04. The van der Waals surface area contributed by atoms with Gasteiger partial charge in [-0.1, -0.05) is 54.4 Å². The highest BCUT2D eigenvalue weighted by atomic mass is 35.5. The summed E-state index contributed by atoms with van der Waals surface area (Å²) in [5.74, 6) is -0.644. The van der Waals surface area contributed by atoms with Crippen LogP contribution in [0, 0.1) is 13.8 Å². The summed E-state index contributed by atoms with van der Waals surface area (Å²) < 4.78 is 0. The topological polar surface area (TPSA) is 37.3 Å². The van der Waals surface area contributed by atoms with E-state index in [4.69, 9.17) is 11.6 Å². The highest BCUT2D eigenvalue weighted by Crippen LogP contribution is 2.35. The van der Waals surface area contributed by atoms with Crippen molar-refractivity contribution in [3.63, 3.8) is 0 Å². The Morgan fingerprint density at radius 2 is 1.81 bits per heavy atom. The fourth-order valence-corrected chi connectivity index (χ4v) is 4.52. The number of carboxylic acid groups (broad SMARTS) is 1. The quantitative estimate of drug-likeness (QED) is 0.529. The number of hydrogen-bond acceptors (Lipinski definition) is 2. The van der Waals surface area contributed by atoms with Gasteiger partial charge < -0.3 is 5.11 Å². The number of carbonyl (C=O) groups is 1. The minimum Gasteiger partial charge on any atom is -0.477 e. The van der Waals surface area contributed by atoms with Crippen LogP contribution in [0.1, 0.15) is 44.8 Å². The maximum Gasteiger partial charge on any atom is 0.346 e. The Balaban J connectivity index is 1.93. The Hall–Kier alpha value is -2.10. The molecule has 0 saturated carbocycles. The van der Waals surface area contributed by atoms with Crippen molar-refractivity contribution in [1.29, 1.82) is 0 Å². The van der Waals surface area contributed by atoms with E-state index >= 15 is 0 Å². The van der Waals surface area contributed by atoms with Crippen LogP contribution in [0.25, 0.3) is 10.4 Å². The zero-order chi connectivity index (χ0) is 18.8. The second-order valence-corrected chi connectivity index (χ2v) is 8.23. The van der Waals surface area contributed by atoms with Gasteiger partial charge in [0.05, 0.1) is 0 Å². The third kappa shape index (κ3) is 4.00. The van der Waals surface area contributed by atoms with Gasteiger partial charge in [0.15, 0.2) is 0 Å². The molecule has 0 aliphatic rings. The van der Waals surface area contributed by atoms with E-state index in [-0.39, 0.29) is 5.92 Å². The molecule has 1 heterocycles. The molecular formula is C22H21ClO2S. The van der Waals surface area contributed by atoms with Crippen LogP contribution in [-0.4, -0.2) is 11.1 Å². The van der Waals surface area contributed by atoms with Crippen molar-refractivity contribution in [2.24, 2.45) is 0 Å². The van der Waals surface area contributed by atoms with Crippen molar-refractivity contribution in [2.45, 2.75) is 33.1 Å². The molecule has 1 atom stereocenters. The van der Waals surface area contributed by atoms with Crippen LogP contribution in [-0.2, 0) is 6.42 Å². The first-order valence-electron chi connectivity index (χ1n) is 8.54. The Morgan fingerprint density at radius 1 is 1.12 bits per heavy atom. The highest BCUT2D eigenvalue weighted by Gasteiger charge is 2.19. The Bertz CT molecular complexity index is 941. The molecule has 1 aromatic heterocycles. The maximum absolute atomic E-state index is 11.7. The third-order valence-corrected chi connectivity index (χ3v) is 6.08. The number of aryl methyl sites for hydroxylation is 2. The second-order valence-electron chi connectivity index (χ2n) is 6.74. The van der Waals surface area contributed by atoms with Gasteiger partial charge >= 0.3 is 5.97 Å². The molecule has 1 unspecified atom stereocenters. The minimum absolute atomic E-state index is 0.214. The molecule has 0 fully saturated rings. The van der Waals surface area contributed by atoms with Crippen molar-refractivity contribution in [2.75, 3.05) is 0 Å². The lowest BCUT2D eigenvalue weighted by atomic mass is 9.90. The van der Waals surface area contributed by atoms with Crippen molar-refractivity contribution in [1.82, 2.24) is 0 Å². The fourth-order valence-electron chi connectivity index (χ4n) is 3.25. The molecule has 0 amide bonds. The number of carboxylic acids is 1. The molecule has 3 aromatic rings. The maximum atomic E-state index is 11.7. The number of hydrogen-bond donors (Lipinski definition) is 1. The largest absolute Gasteiger partial charge is 0.477 e. The van der Waals surface area contributed by atoms with Crippen molar-refractivity contribution >= 4 is 28.9 Å². The zero-order valence-corrected chi connectivity index (χ0v) is 16.6. The zero-order valence-electron chi connectivity index (χ0n) is 15.0. The predicted octanol–water partition coefficient (Wildman–Crippen LogP) is 6.73. The SMILES string of the molecule is Cc1ccc(-c2cc(CC(C)c3ccc(Cl)cc3C)c(C(=O)O)s2)cc1. The summed E-state index contributed by atoms with van der Waals surface area (Å²) in [5.41, 5.74) is 5.48. The lowest BCUT2D eigenvalue weighted by Gasteiger charge is -2.15. The van der Waals surface area contributed by atoms with Crippen LogP contribution in [0.5, 0.6) is 0 Å². The van der Waals surface area contributed by atoms with E-state index in [2.05, 4.69) is 19.1 Å². The molecular weight excluding hydrogens is 364 g/mol. The van der Waals surface area contributed by atoms with E-state index in [1.165, 1.54) is 22.5 Å². The number of benzene rings is 2. The van der Waals surface area contributed by atoms with Crippen molar-refractivity contribution in [3.05, 3.63) is 80.7 Å². The monoisotopic (exact) mass is 384 g/mol. The van der Waals surface area contributed by atoms with Crippen LogP contribution in [0.4, 0.5) is 0 Å². The van der Waals surface area contributed by atoms with E-state index < -0.39 is 5.97 Å². The summed E-state index contributed by atoms with van der Waals surface area (Å²) in [6, 6.07) is 16.1. The van der Waals surface area contributed by atoms with Crippen LogP contribution in [0.2, 0.25) is 5.02 Å². The third-order valence-electron chi connectivity index (χ3n) is 4.63. The average Bonchev–Trinajstić information content (AvgIpc) is 2.99. The molecule has 4 heteroatoms. The van der Waals surface area contributed by atoms with E-state index in [9.17, 15) is 9.90 Å². The molecule has 2 nitrogen and oxygen atoms in total. The molecule has 0 bridgehead atoms. The summed E-state index contributed by atoms with van der Waals surface area (Å²) in [4.78, 5) is 13.2. The Morgan fingerprint density at radius 3 is 2.42 bits per heavy atom. The van der Waals surface area contributed by atoms with Gasteiger partial charge in [-0.15, -0.1) is 11.3 Å². The molecule has 26 heavy (non-hydrogen) atoms. The second kappa shape index (κ2) is 7.65. The Labute approximate surface area is 163 Å². The lowest BCUT2D eigenvalue weighted by molar-refractivity contribution is 0.0701. The summed E-state index contributed by atoms with van der Waals surface area (Å²) >= 11 is 7.40. The summed E-state index contributed by atoms with van der Waals surface area (Å²) in [6.07, 6.45) is 0.687. The number of aromatic carboxylic acids is 1. The smallest absolute Gasteiger partial charge is 0.346 e. The highest BCUT2D eigenvalue weighted by molar-refractivity contribution is 7.17. The molecule has 0 aliphatic heterocycles. The van der Waals surface area contributed by atoms with Crippen LogP contribution < -0.4 is 0 Å².